The first kappa shape index (κ1) is 53.6. The number of H-pyrrole nitrogens is 1. The number of aromatic amines is 1. The van der Waals surface area contributed by atoms with Crippen molar-refractivity contribution in [2.45, 2.75) is 172 Å². The van der Waals surface area contributed by atoms with Crippen molar-refractivity contribution in [3.8, 4) is 0 Å². The van der Waals surface area contributed by atoms with Gasteiger partial charge in [0.2, 0.25) is 0 Å². The average molecular weight is 1060 g/mol. The molecule has 12 rings (SSSR count). The van der Waals surface area contributed by atoms with Crippen LogP contribution < -0.4 is 15.1 Å². The number of fused-ring (bicyclic) bond motifs is 2. The highest BCUT2D eigenvalue weighted by Gasteiger charge is 2.55. The van der Waals surface area contributed by atoms with Gasteiger partial charge in [-0.2, -0.15) is 0 Å². The van der Waals surface area contributed by atoms with E-state index in [1.807, 2.05) is 50.2 Å². The summed E-state index contributed by atoms with van der Waals surface area (Å²) in [7, 11) is 3.25. The average Bonchev–Trinajstić information content (AvgIpc) is 4.28. The number of hydrogen-bond acceptors (Lipinski definition) is 12. The Morgan fingerprint density at radius 2 is 1.38 bits per heavy atom. The number of rotatable bonds is 11. The predicted molar refractivity (Wildman–Crippen MR) is 311 cm³/mol. The van der Waals surface area contributed by atoms with Crippen LogP contribution in [0.15, 0.2) is 73.1 Å². The van der Waals surface area contributed by atoms with Gasteiger partial charge >= 0.3 is 6.09 Å². The van der Waals surface area contributed by atoms with Crippen LogP contribution in [0.5, 0.6) is 0 Å². The van der Waals surface area contributed by atoms with Crippen molar-refractivity contribution in [3.63, 3.8) is 0 Å². The van der Waals surface area contributed by atoms with Crippen molar-refractivity contribution in [3.05, 3.63) is 107 Å². The number of piperazine rings is 2. The Morgan fingerprint density at radius 3 is 2.03 bits per heavy atom. The molecule has 0 unspecified atom stereocenters. The van der Waals surface area contributed by atoms with Crippen molar-refractivity contribution < 1.29 is 14.3 Å². The zero-order chi connectivity index (χ0) is 53.9. The fourth-order valence-electron chi connectivity index (χ4n) is 13.1. The number of likely N-dealkylation sites (tertiary alicyclic amines) is 2. The number of carbonyl (C=O) groups is 1. The fourth-order valence-corrected chi connectivity index (χ4v) is 13.8. The number of carbonyl (C=O) groups excluding carboxylic acids is 1. The van der Waals surface area contributed by atoms with Gasteiger partial charge in [0.15, 0.2) is 0 Å². The van der Waals surface area contributed by atoms with E-state index in [1.54, 1.807) is 0 Å². The molecule has 6 aromatic rings. The van der Waals surface area contributed by atoms with Gasteiger partial charge in [0.1, 0.15) is 29.5 Å². The summed E-state index contributed by atoms with van der Waals surface area (Å²) >= 11 is 0. The fraction of sp³-hybridized carbons (Fsp3) is 0.590. The number of anilines is 2. The highest BCUT2D eigenvalue weighted by Crippen LogP contribution is 2.48. The molecule has 6 aliphatic rings. The van der Waals surface area contributed by atoms with E-state index in [4.69, 9.17) is 29.4 Å². The first-order valence-corrected chi connectivity index (χ1v) is 32.7. The van der Waals surface area contributed by atoms with E-state index in [9.17, 15) is 4.79 Å². The Morgan fingerprint density at radius 1 is 0.740 bits per heavy atom. The monoisotopic (exact) mass is 1060 g/mol. The number of hydrogen-bond donors (Lipinski definition) is 2. The Hall–Kier alpha value is -5.39. The normalized spacial score (nSPS) is 23.6. The van der Waals surface area contributed by atoms with Crippen molar-refractivity contribution in [1.82, 2.24) is 49.5 Å². The van der Waals surface area contributed by atoms with Crippen LogP contribution in [-0.4, -0.2) is 135 Å². The number of pyridine rings is 2. The minimum absolute atomic E-state index is 0.153. The number of ether oxygens (including phenoxy) is 2. The Bertz CT molecular complexity index is 3060. The van der Waals surface area contributed by atoms with Gasteiger partial charge in [0.25, 0.3) is 0 Å². The van der Waals surface area contributed by atoms with E-state index in [0.717, 1.165) is 124 Å². The van der Waals surface area contributed by atoms with Crippen LogP contribution in [0.3, 0.4) is 0 Å². The molecule has 15 nitrogen and oxygen atoms in total. The molecular weight excluding hydrogens is 977 g/mol. The van der Waals surface area contributed by atoms with E-state index in [2.05, 4.69) is 131 Å². The van der Waals surface area contributed by atoms with Gasteiger partial charge in [-0.25, -0.2) is 14.8 Å². The Balaban J connectivity index is 0.000000176. The molecule has 8 heterocycles. The van der Waals surface area contributed by atoms with E-state index in [0.29, 0.717) is 30.9 Å². The topological polar surface area (TPSA) is 136 Å². The van der Waals surface area contributed by atoms with Crippen molar-refractivity contribution in [2.75, 3.05) is 69.8 Å². The quantitative estimate of drug-likeness (QED) is 0.0944. The zero-order valence-electron chi connectivity index (χ0n) is 47.9. The largest absolute Gasteiger partial charge is 0.444 e. The highest BCUT2D eigenvalue weighted by atomic mass is 28.3. The maximum absolute atomic E-state index is 13.2. The molecule has 2 aliphatic carbocycles. The lowest BCUT2D eigenvalue weighted by molar-refractivity contribution is 0.0106. The van der Waals surface area contributed by atoms with Crippen LogP contribution >= 0.6 is 0 Å². The number of benzene rings is 2. The van der Waals surface area contributed by atoms with E-state index in [-0.39, 0.29) is 23.7 Å². The van der Waals surface area contributed by atoms with Crippen molar-refractivity contribution >= 4 is 47.6 Å². The molecule has 6 fully saturated rings. The second-order valence-electron chi connectivity index (χ2n) is 25.8. The third-order valence-electron chi connectivity index (χ3n) is 17.7. The second-order valence-corrected chi connectivity index (χ2v) is 31.4. The van der Waals surface area contributed by atoms with Crippen molar-refractivity contribution in [1.29, 1.82) is 0 Å². The van der Waals surface area contributed by atoms with Gasteiger partial charge in [-0.05, 0) is 166 Å². The summed E-state index contributed by atoms with van der Waals surface area (Å²) in [6, 6.07) is 23.7. The third kappa shape index (κ3) is 11.3. The molecule has 4 aliphatic heterocycles. The van der Waals surface area contributed by atoms with Crippen LogP contribution in [0.4, 0.5) is 16.2 Å². The molecular formula is C61H86N12O3Si. The summed E-state index contributed by atoms with van der Waals surface area (Å²) < 4.78 is 14.7. The number of nitrogens with one attached hydrogen (secondary N) is 2. The summed E-state index contributed by atoms with van der Waals surface area (Å²) in [5.74, 6) is 2.17. The van der Waals surface area contributed by atoms with Gasteiger partial charge in [-0.1, -0.05) is 43.9 Å². The van der Waals surface area contributed by atoms with E-state index < -0.39 is 13.7 Å². The maximum Gasteiger partial charge on any atom is 0.410 e. The zero-order valence-corrected chi connectivity index (χ0v) is 48.9. The molecule has 2 saturated carbocycles. The van der Waals surface area contributed by atoms with Gasteiger partial charge in [-0.15, -0.1) is 0 Å². The SMILES string of the molecule is Cc1cccnc1[C@@H]1CCC[C@H](c2nc3c(N4CCNC5(CC5)C4)cccc3[nH]2)N1C.Cc1cccnc1[C@@H]1CCC[C@H](c2nc3cccc(N4CCN(C(=O)OC(C)(C)C)C5(CC5)C4)c3n2COCC[Si](C)(C)C)N1C. The summed E-state index contributed by atoms with van der Waals surface area (Å²) in [6.45, 7) is 24.0. The number of aromatic nitrogens is 6. The molecule has 2 aromatic carbocycles. The van der Waals surface area contributed by atoms with Crippen LogP contribution in [0.2, 0.25) is 25.7 Å². The summed E-state index contributed by atoms with van der Waals surface area (Å²) in [6.07, 6.45) is 15.0. The highest BCUT2D eigenvalue weighted by molar-refractivity contribution is 6.76. The molecule has 16 heteroatoms. The minimum Gasteiger partial charge on any atom is -0.444 e. The second kappa shape index (κ2) is 21.3. The molecule has 4 atom stereocenters. The smallest absolute Gasteiger partial charge is 0.410 e. The standard InChI is InChI=1S/C36H54N6O3Si.C25H32N6/c1-26-12-11-19-37-31(26)28-14-10-16-30(39(28)5)33-38-27-13-9-15-29(32(27)41(33)25-44-22-23-46(6,7)8)40-20-21-42(36(24-40)17-18-36)34(43)45-35(2,3)4;1-17-6-5-13-26-22(17)19-8-4-10-21(30(19)2)24-28-18-7-3-9-20(23(18)29-24)31-15-14-27-25(16-31)11-12-25/h9,11-13,15,19,28,30H,10,14,16-18,20-25H2,1-8H3;3,5-7,9,13,19,21,27H,4,8,10-12,14-16H2,1-2H3,(H,28,29)/t28-,30+;19-,21+/m00/s1. The van der Waals surface area contributed by atoms with Crippen LogP contribution in [0.25, 0.3) is 22.1 Å². The molecule has 4 saturated heterocycles. The molecule has 1 amide bonds. The molecule has 412 valence electrons. The van der Waals surface area contributed by atoms with Gasteiger partial charge in [-0.3, -0.25) is 24.7 Å². The summed E-state index contributed by atoms with van der Waals surface area (Å²) in [4.78, 5) is 49.0. The number of aryl methyl sites for hydroxylation is 2. The van der Waals surface area contributed by atoms with E-state index in [1.165, 1.54) is 53.2 Å². The van der Waals surface area contributed by atoms with Crippen molar-refractivity contribution in [2.24, 2.45) is 0 Å². The van der Waals surface area contributed by atoms with E-state index >= 15 is 0 Å². The minimum atomic E-state index is -1.24. The van der Waals surface area contributed by atoms with Crippen LogP contribution in [0, 0.1) is 13.8 Å². The van der Waals surface area contributed by atoms with Gasteiger partial charge < -0.3 is 34.1 Å². The van der Waals surface area contributed by atoms with Gasteiger partial charge in [0, 0.05) is 71.9 Å². The van der Waals surface area contributed by atoms with Crippen LogP contribution in [0.1, 0.15) is 143 Å². The first-order valence-electron chi connectivity index (χ1n) is 29.0. The predicted octanol–water partition coefficient (Wildman–Crippen LogP) is 11.6. The molecule has 4 aromatic heterocycles. The molecule has 2 N–H and O–H groups in total. The number of para-hydroxylation sites is 2. The lowest BCUT2D eigenvalue weighted by atomic mass is 9.92. The number of imidazole rings is 2. The number of nitrogens with zero attached hydrogens (tertiary/aromatic N) is 10. The number of piperidine rings is 2. The molecule has 0 bridgehead atoms. The number of amides is 1. The summed E-state index contributed by atoms with van der Waals surface area (Å²) in [5, 5.41) is 3.72. The maximum atomic E-state index is 13.2. The first-order chi connectivity index (χ1) is 36.9. The van der Waals surface area contributed by atoms with Crippen LogP contribution in [-0.2, 0) is 16.2 Å². The lowest BCUT2D eigenvalue weighted by Crippen LogP contribution is -2.58. The Labute approximate surface area is 458 Å². The lowest BCUT2D eigenvalue weighted by Gasteiger charge is -2.43. The third-order valence-corrected chi connectivity index (χ3v) is 19.4. The van der Waals surface area contributed by atoms with Gasteiger partial charge in [0.05, 0.1) is 69.0 Å². The molecule has 0 radical (unpaired) electrons. The molecule has 2 spiro atoms. The Kier molecular flexibility index (Phi) is 14.9. The summed E-state index contributed by atoms with van der Waals surface area (Å²) in [5.41, 5.74) is 11.5. The molecule has 77 heavy (non-hydrogen) atoms.